The first-order valence-electron chi connectivity index (χ1n) is 8.39. The van der Waals surface area contributed by atoms with Crippen molar-refractivity contribution in [2.75, 3.05) is 19.0 Å². The molecule has 24 heavy (non-hydrogen) atoms. The minimum atomic E-state index is 0.0481. The molecular formula is C19H25N3O2. The number of nitrogens with one attached hydrogen (secondary N) is 1. The second kappa shape index (κ2) is 7.09. The fraction of sp³-hybridized carbons (Fsp3) is 0.421. The van der Waals surface area contributed by atoms with Gasteiger partial charge in [-0.2, -0.15) is 0 Å². The largest absolute Gasteiger partial charge is 0.492 e. The average molecular weight is 327 g/mol. The van der Waals surface area contributed by atoms with Crippen molar-refractivity contribution in [3.8, 4) is 22.6 Å². The number of anilines is 1. The summed E-state index contributed by atoms with van der Waals surface area (Å²) in [7, 11) is 1.87. The van der Waals surface area contributed by atoms with E-state index >= 15 is 0 Å². The number of nitrogens with two attached hydrogens (primary N) is 1. The molecule has 0 spiro atoms. The summed E-state index contributed by atoms with van der Waals surface area (Å²) in [4.78, 5) is 4.34. The molecule has 1 aliphatic rings. The van der Waals surface area contributed by atoms with Gasteiger partial charge >= 0.3 is 0 Å². The van der Waals surface area contributed by atoms with Gasteiger partial charge in [0.25, 0.3) is 0 Å². The average Bonchev–Trinajstić information content (AvgIpc) is 2.58. The van der Waals surface area contributed by atoms with E-state index in [1.807, 2.05) is 37.5 Å². The van der Waals surface area contributed by atoms with Crippen LogP contribution in [-0.2, 0) is 6.61 Å². The van der Waals surface area contributed by atoms with Crippen LogP contribution in [-0.4, -0.2) is 24.7 Å². The first-order valence-corrected chi connectivity index (χ1v) is 8.39. The van der Waals surface area contributed by atoms with Gasteiger partial charge in [0.15, 0.2) is 0 Å². The number of nitrogens with zero attached hydrogens (tertiary/aromatic N) is 1. The maximum Gasteiger partial charge on any atom is 0.132 e. The topological polar surface area (TPSA) is 69.4 Å². The van der Waals surface area contributed by atoms with Crippen molar-refractivity contribution in [2.45, 2.75) is 32.9 Å². The lowest BCUT2D eigenvalue weighted by Crippen LogP contribution is -2.29. The molecule has 2 heterocycles. The third-order valence-electron chi connectivity index (χ3n) is 4.15. The van der Waals surface area contributed by atoms with Gasteiger partial charge in [-0.05, 0) is 36.1 Å². The molecule has 128 valence electrons. The van der Waals surface area contributed by atoms with Crippen LogP contribution in [0.1, 0.15) is 25.8 Å². The van der Waals surface area contributed by atoms with Crippen molar-refractivity contribution in [3.63, 3.8) is 0 Å². The highest BCUT2D eigenvalue weighted by molar-refractivity contribution is 5.78. The van der Waals surface area contributed by atoms with Crippen molar-refractivity contribution < 1.29 is 9.47 Å². The summed E-state index contributed by atoms with van der Waals surface area (Å²) in [6.45, 7) is 5.35. The number of fused-ring (bicyclic) bond motifs is 3. The van der Waals surface area contributed by atoms with Crippen molar-refractivity contribution in [2.24, 2.45) is 11.7 Å². The second-order valence-electron chi connectivity index (χ2n) is 6.58. The molecule has 0 radical (unpaired) electrons. The lowest BCUT2D eigenvalue weighted by atomic mass is 9.98. The Morgan fingerprint density at radius 1 is 1.29 bits per heavy atom. The van der Waals surface area contributed by atoms with E-state index in [0.29, 0.717) is 19.1 Å². The second-order valence-corrected chi connectivity index (χ2v) is 6.58. The lowest BCUT2D eigenvalue weighted by Gasteiger charge is -2.23. The molecular weight excluding hydrogens is 302 g/mol. The Kier molecular flexibility index (Phi) is 4.90. The van der Waals surface area contributed by atoms with Crippen molar-refractivity contribution in [1.82, 2.24) is 4.98 Å². The van der Waals surface area contributed by atoms with E-state index < -0.39 is 0 Å². The molecule has 1 aromatic carbocycles. The van der Waals surface area contributed by atoms with Crippen LogP contribution in [0.3, 0.4) is 0 Å². The third kappa shape index (κ3) is 3.46. The standard InChI is InChI=1S/C19H25N3O2/c1-12(2)8-13(20)10-23-14-4-5-16-15-6-7-22-19(21-3)17(15)11-24-18(16)9-14/h4-7,9,12-13H,8,10-11,20H2,1-3H3,(H,21,22)/t13-/m0/s1. The van der Waals surface area contributed by atoms with Crippen LogP contribution >= 0.6 is 0 Å². The highest BCUT2D eigenvalue weighted by atomic mass is 16.5. The molecule has 1 aromatic heterocycles. The van der Waals surface area contributed by atoms with E-state index in [1.165, 1.54) is 0 Å². The van der Waals surface area contributed by atoms with Gasteiger partial charge < -0.3 is 20.5 Å². The van der Waals surface area contributed by atoms with Crippen LogP contribution < -0.4 is 20.5 Å². The van der Waals surface area contributed by atoms with Crippen molar-refractivity contribution >= 4 is 5.82 Å². The van der Waals surface area contributed by atoms with Crippen LogP contribution in [0.15, 0.2) is 30.5 Å². The molecule has 0 saturated carbocycles. The molecule has 0 aliphatic carbocycles. The van der Waals surface area contributed by atoms with Gasteiger partial charge in [0.05, 0.1) is 0 Å². The van der Waals surface area contributed by atoms with E-state index in [0.717, 1.165) is 40.4 Å². The molecule has 5 heteroatoms. The fourth-order valence-corrected chi connectivity index (χ4v) is 3.07. The molecule has 2 aromatic rings. The zero-order valence-corrected chi connectivity index (χ0v) is 14.5. The van der Waals surface area contributed by atoms with E-state index in [-0.39, 0.29) is 6.04 Å². The highest BCUT2D eigenvalue weighted by Crippen LogP contribution is 2.41. The molecule has 0 saturated heterocycles. The Labute approximate surface area is 143 Å². The highest BCUT2D eigenvalue weighted by Gasteiger charge is 2.21. The molecule has 0 amide bonds. The van der Waals surface area contributed by atoms with Gasteiger partial charge in [0, 0.05) is 36.5 Å². The van der Waals surface area contributed by atoms with Gasteiger partial charge in [-0.1, -0.05) is 13.8 Å². The molecule has 1 aliphatic heterocycles. The fourth-order valence-electron chi connectivity index (χ4n) is 3.07. The van der Waals surface area contributed by atoms with Gasteiger partial charge in [0.1, 0.15) is 30.5 Å². The summed E-state index contributed by atoms with van der Waals surface area (Å²) in [6, 6.07) is 8.03. The predicted molar refractivity (Wildman–Crippen MR) is 96.5 cm³/mol. The first kappa shape index (κ1) is 16.6. The van der Waals surface area contributed by atoms with E-state index in [4.69, 9.17) is 15.2 Å². The quantitative estimate of drug-likeness (QED) is 0.850. The number of ether oxygens (including phenoxy) is 2. The predicted octanol–water partition coefficient (Wildman–Crippen LogP) is 3.43. The molecule has 0 fully saturated rings. The number of rotatable bonds is 6. The van der Waals surface area contributed by atoms with Crippen LogP contribution in [0.2, 0.25) is 0 Å². The summed E-state index contributed by atoms with van der Waals surface area (Å²) in [5, 5.41) is 3.12. The minimum absolute atomic E-state index is 0.0481. The Bertz CT molecular complexity index is 716. The van der Waals surface area contributed by atoms with Crippen molar-refractivity contribution in [1.29, 1.82) is 0 Å². The van der Waals surface area contributed by atoms with Crippen LogP contribution in [0, 0.1) is 5.92 Å². The van der Waals surface area contributed by atoms with Gasteiger partial charge in [0.2, 0.25) is 0 Å². The number of aromatic nitrogens is 1. The Morgan fingerprint density at radius 3 is 2.88 bits per heavy atom. The Morgan fingerprint density at radius 2 is 2.12 bits per heavy atom. The van der Waals surface area contributed by atoms with Gasteiger partial charge in [-0.3, -0.25) is 0 Å². The van der Waals surface area contributed by atoms with E-state index in [2.05, 4.69) is 24.1 Å². The monoisotopic (exact) mass is 327 g/mol. The maximum absolute atomic E-state index is 6.09. The van der Waals surface area contributed by atoms with Crippen LogP contribution in [0.4, 0.5) is 5.82 Å². The Balaban J connectivity index is 1.78. The summed E-state index contributed by atoms with van der Waals surface area (Å²) in [5.74, 6) is 3.06. The molecule has 1 atom stereocenters. The van der Waals surface area contributed by atoms with Crippen LogP contribution in [0.25, 0.3) is 11.1 Å². The third-order valence-corrected chi connectivity index (χ3v) is 4.15. The zero-order valence-electron chi connectivity index (χ0n) is 14.5. The molecule has 3 N–H and O–H groups in total. The number of benzene rings is 1. The van der Waals surface area contributed by atoms with E-state index in [9.17, 15) is 0 Å². The number of hydrogen-bond acceptors (Lipinski definition) is 5. The number of hydrogen-bond donors (Lipinski definition) is 2. The van der Waals surface area contributed by atoms with Crippen molar-refractivity contribution in [3.05, 3.63) is 36.0 Å². The molecule has 3 rings (SSSR count). The smallest absolute Gasteiger partial charge is 0.132 e. The summed E-state index contributed by atoms with van der Waals surface area (Å²) < 4.78 is 11.8. The van der Waals surface area contributed by atoms with Crippen LogP contribution in [0.5, 0.6) is 11.5 Å². The summed E-state index contributed by atoms with van der Waals surface area (Å²) in [6.07, 6.45) is 2.77. The normalized spacial score (nSPS) is 13.7. The molecule has 5 nitrogen and oxygen atoms in total. The summed E-state index contributed by atoms with van der Waals surface area (Å²) in [5.41, 5.74) is 9.38. The summed E-state index contributed by atoms with van der Waals surface area (Å²) >= 11 is 0. The maximum atomic E-state index is 6.09. The van der Waals surface area contributed by atoms with Gasteiger partial charge in [-0.25, -0.2) is 4.98 Å². The number of pyridine rings is 1. The van der Waals surface area contributed by atoms with E-state index in [1.54, 1.807) is 0 Å². The Hall–Kier alpha value is -2.27. The molecule has 0 bridgehead atoms. The lowest BCUT2D eigenvalue weighted by molar-refractivity contribution is 0.265. The molecule has 0 unspecified atom stereocenters. The first-order chi connectivity index (χ1) is 11.6. The minimum Gasteiger partial charge on any atom is -0.492 e. The van der Waals surface area contributed by atoms with Gasteiger partial charge in [-0.15, -0.1) is 0 Å². The zero-order chi connectivity index (χ0) is 17.1. The SMILES string of the molecule is CNc1nccc2c1COc1cc(OC[C@@H](N)CC(C)C)ccc1-2.